The van der Waals surface area contributed by atoms with Crippen molar-refractivity contribution in [2.45, 2.75) is 6.92 Å². The zero-order valence-corrected chi connectivity index (χ0v) is 9.13. The summed E-state index contributed by atoms with van der Waals surface area (Å²) in [5.41, 5.74) is 0.665. The van der Waals surface area contributed by atoms with E-state index in [0.29, 0.717) is 21.3 Å². The van der Waals surface area contributed by atoms with Crippen LogP contribution >= 0.6 is 11.3 Å². The molecule has 2 aromatic heterocycles. The topological polar surface area (TPSA) is 52.3 Å². The third-order valence-electron chi connectivity index (χ3n) is 1.90. The first-order valence-corrected chi connectivity index (χ1v) is 5.13. The summed E-state index contributed by atoms with van der Waals surface area (Å²) in [6.45, 7) is 1.77. The number of aryl methyl sites for hydroxylation is 1. The first-order valence-electron chi connectivity index (χ1n) is 4.32. The molecule has 0 spiro atoms. The lowest BCUT2D eigenvalue weighted by Crippen LogP contribution is -1.99. The first kappa shape index (κ1) is 9.92. The van der Waals surface area contributed by atoms with Crippen molar-refractivity contribution in [3.05, 3.63) is 29.0 Å². The molecule has 2 aromatic rings. The zero-order chi connectivity index (χ0) is 10.8. The van der Waals surface area contributed by atoms with Crippen LogP contribution in [0.25, 0.3) is 10.8 Å². The van der Waals surface area contributed by atoms with Crippen LogP contribution in [0, 0.1) is 6.92 Å². The lowest BCUT2D eigenvalue weighted by molar-refractivity contribution is 0.0605. The molecule has 78 valence electrons. The largest absolute Gasteiger partial charge is 0.465 e. The molecule has 0 atom stereocenters. The van der Waals surface area contributed by atoms with E-state index in [0.717, 1.165) is 0 Å². The highest BCUT2D eigenvalue weighted by Crippen LogP contribution is 2.28. The minimum Gasteiger partial charge on any atom is -0.465 e. The number of esters is 1. The van der Waals surface area contributed by atoms with E-state index in [-0.39, 0.29) is 5.97 Å². The van der Waals surface area contributed by atoms with E-state index in [1.165, 1.54) is 18.4 Å². The summed E-state index contributed by atoms with van der Waals surface area (Å²) >= 11 is 1.27. The van der Waals surface area contributed by atoms with Crippen molar-refractivity contribution < 1.29 is 13.9 Å². The lowest BCUT2D eigenvalue weighted by atomic mass is 10.4. The minimum atomic E-state index is -0.359. The Balaban J connectivity index is 2.41. The van der Waals surface area contributed by atoms with E-state index in [4.69, 9.17) is 4.42 Å². The molecule has 2 rings (SSSR count). The highest BCUT2D eigenvalue weighted by molar-refractivity contribution is 7.17. The summed E-state index contributed by atoms with van der Waals surface area (Å²) in [6.07, 6.45) is 1.57. The van der Waals surface area contributed by atoms with Gasteiger partial charge in [-0.3, -0.25) is 0 Å². The molecule has 4 nitrogen and oxygen atoms in total. The van der Waals surface area contributed by atoms with Crippen LogP contribution in [-0.4, -0.2) is 18.1 Å². The fourth-order valence-corrected chi connectivity index (χ4v) is 2.14. The molecule has 0 aliphatic carbocycles. The Morgan fingerprint density at radius 3 is 3.00 bits per heavy atom. The van der Waals surface area contributed by atoms with Crippen molar-refractivity contribution in [3.8, 4) is 10.8 Å². The SMILES string of the molecule is COC(=O)c1sc(-c2ccco2)nc1C. The molecular formula is C10H9NO3S. The van der Waals surface area contributed by atoms with Gasteiger partial charge in [0.25, 0.3) is 0 Å². The Hall–Kier alpha value is -1.62. The Morgan fingerprint density at radius 1 is 1.60 bits per heavy atom. The van der Waals surface area contributed by atoms with Crippen LogP contribution in [0.5, 0.6) is 0 Å². The molecule has 0 saturated heterocycles. The second kappa shape index (κ2) is 3.86. The molecular weight excluding hydrogens is 214 g/mol. The van der Waals surface area contributed by atoms with E-state index in [2.05, 4.69) is 9.72 Å². The molecule has 0 fully saturated rings. The average molecular weight is 223 g/mol. The molecule has 0 aliphatic rings. The van der Waals surface area contributed by atoms with Crippen LogP contribution in [0.3, 0.4) is 0 Å². The zero-order valence-electron chi connectivity index (χ0n) is 8.31. The Bertz CT molecular complexity index is 473. The van der Waals surface area contributed by atoms with E-state index in [1.54, 1.807) is 25.3 Å². The molecule has 0 saturated carbocycles. The van der Waals surface area contributed by atoms with Crippen LogP contribution in [-0.2, 0) is 4.74 Å². The van der Waals surface area contributed by atoms with Gasteiger partial charge in [-0.05, 0) is 19.1 Å². The highest BCUT2D eigenvalue weighted by Gasteiger charge is 2.17. The second-order valence-electron chi connectivity index (χ2n) is 2.90. The molecule has 0 radical (unpaired) electrons. The first-order chi connectivity index (χ1) is 7.22. The van der Waals surface area contributed by atoms with Gasteiger partial charge in [-0.15, -0.1) is 11.3 Å². The van der Waals surface area contributed by atoms with Crippen LogP contribution in [0.4, 0.5) is 0 Å². The minimum absolute atomic E-state index is 0.359. The Kier molecular flexibility index (Phi) is 2.55. The van der Waals surface area contributed by atoms with Crippen LogP contribution in [0.1, 0.15) is 15.4 Å². The number of carbonyl (C=O) groups is 1. The monoisotopic (exact) mass is 223 g/mol. The Morgan fingerprint density at radius 2 is 2.40 bits per heavy atom. The number of thiazole rings is 1. The van der Waals surface area contributed by atoms with Crippen molar-refractivity contribution in [3.63, 3.8) is 0 Å². The molecule has 0 unspecified atom stereocenters. The van der Waals surface area contributed by atoms with Gasteiger partial charge in [-0.1, -0.05) is 0 Å². The number of furan rings is 1. The maximum Gasteiger partial charge on any atom is 0.349 e. The van der Waals surface area contributed by atoms with Gasteiger partial charge in [0, 0.05) is 0 Å². The van der Waals surface area contributed by atoms with Gasteiger partial charge in [-0.2, -0.15) is 0 Å². The van der Waals surface area contributed by atoms with Crippen LogP contribution < -0.4 is 0 Å². The number of aromatic nitrogens is 1. The van der Waals surface area contributed by atoms with Gasteiger partial charge in [-0.25, -0.2) is 9.78 Å². The van der Waals surface area contributed by atoms with E-state index >= 15 is 0 Å². The molecule has 0 bridgehead atoms. The van der Waals surface area contributed by atoms with E-state index in [9.17, 15) is 4.79 Å². The molecule has 0 aliphatic heterocycles. The average Bonchev–Trinajstić information content (AvgIpc) is 2.84. The van der Waals surface area contributed by atoms with Crippen molar-refractivity contribution in [1.82, 2.24) is 4.98 Å². The number of rotatable bonds is 2. The molecule has 0 N–H and O–H groups in total. The normalized spacial score (nSPS) is 10.3. The standard InChI is InChI=1S/C10H9NO3S/c1-6-8(10(12)13-2)15-9(11-6)7-4-3-5-14-7/h3-5H,1-2H3. The van der Waals surface area contributed by atoms with Gasteiger partial charge in [0.05, 0.1) is 19.1 Å². The summed E-state index contributed by atoms with van der Waals surface area (Å²) in [7, 11) is 1.36. The number of hydrogen-bond donors (Lipinski definition) is 0. The molecule has 2 heterocycles. The number of carbonyl (C=O) groups excluding carboxylic acids is 1. The molecule has 5 heteroatoms. The van der Waals surface area contributed by atoms with Crippen LogP contribution in [0.15, 0.2) is 22.8 Å². The van der Waals surface area contributed by atoms with Crippen molar-refractivity contribution in [1.29, 1.82) is 0 Å². The summed E-state index contributed by atoms with van der Waals surface area (Å²) in [6, 6.07) is 3.59. The third-order valence-corrected chi connectivity index (χ3v) is 3.05. The molecule has 0 aromatic carbocycles. The van der Waals surface area contributed by atoms with Gasteiger partial charge < -0.3 is 9.15 Å². The van der Waals surface area contributed by atoms with Gasteiger partial charge >= 0.3 is 5.97 Å². The van der Waals surface area contributed by atoms with Crippen molar-refractivity contribution >= 4 is 17.3 Å². The van der Waals surface area contributed by atoms with E-state index < -0.39 is 0 Å². The van der Waals surface area contributed by atoms with E-state index in [1.807, 2.05) is 0 Å². The Labute approximate surface area is 90.5 Å². The van der Waals surface area contributed by atoms with Gasteiger partial charge in [0.15, 0.2) is 10.8 Å². The predicted octanol–water partition coefficient (Wildman–Crippen LogP) is 2.50. The molecule has 15 heavy (non-hydrogen) atoms. The summed E-state index contributed by atoms with van der Waals surface area (Å²) in [4.78, 5) is 16.1. The highest BCUT2D eigenvalue weighted by atomic mass is 32.1. The smallest absolute Gasteiger partial charge is 0.349 e. The second-order valence-corrected chi connectivity index (χ2v) is 3.90. The summed E-state index contributed by atoms with van der Waals surface area (Å²) < 4.78 is 9.85. The number of nitrogens with zero attached hydrogens (tertiary/aromatic N) is 1. The molecule has 0 amide bonds. The lowest BCUT2D eigenvalue weighted by Gasteiger charge is -1.93. The van der Waals surface area contributed by atoms with Crippen molar-refractivity contribution in [2.24, 2.45) is 0 Å². The van der Waals surface area contributed by atoms with Gasteiger partial charge in [0.2, 0.25) is 0 Å². The number of methoxy groups -OCH3 is 1. The number of hydrogen-bond acceptors (Lipinski definition) is 5. The fraction of sp³-hybridized carbons (Fsp3) is 0.200. The predicted molar refractivity (Wildman–Crippen MR) is 55.9 cm³/mol. The van der Waals surface area contributed by atoms with Crippen molar-refractivity contribution in [2.75, 3.05) is 7.11 Å². The fourth-order valence-electron chi connectivity index (χ4n) is 1.18. The van der Waals surface area contributed by atoms with Gasteiger partial charge in [0.1, 0.15) is 4.88 Å². The number of ether oxygens (including phenoxy) is 1. The van der Waals surface area contributed by atoms with Crippen LogP contribution in [0.2, 0.25) is 0 Å². The summed E-state index contributed by atoms with van der Waals surface area (Å²) in [5.74, 6) is 0.307. The third kappa shape index (κ3) is 1.78. The quantitative estimate of drug-likeness (QED) is 0.734. The maximum atomic E-state index is 11.3. The summed E-state index contributed by atoms with van der Waals surface area (Å²) in [5, 5.41) is 0.693. The maximum absolute atomic E-state index is 11.3.